The molecule has 2 rings (SSSR count). The summed E-state index contributed by atoms with van der Waals surface area (Å²) in [6.07, 6.45) is 27.5. The van der Waals surface area contributed by atoms with Crippen LogP contribution in [0.5, 0.6) is 0 Å². The Morgan fingerprint density at radius 1 is 0.297 bits per heavy atom. The van der Waals surface area contributed by atoms with Gasteiger partial charge in [0, 0.05) is 0 Å². The van der Waals surface area contributed by atoms with Crippen molar-refractivity contribution in [3.05, 3.63) is 70.8 Å². The number of hydrogen-bond acceptors (Lipinski definition) is 8. The normalized spacial score (nSPS) is 11.2. The number of unbranched alkanes of at least 4 members (excludes halogenated alkanes) is 16. The van der Waals surface area contributed by atoms with E-state index in [0.717, 1.165) is 75.0 Å². The molecule has 0 saturated carbocycles. The maximum absolute atomic E-state index is 12.5. The zero-order valence-electron chi connectivity index (χ0n) is 42.0. The second kappa shape index (κ2) is 38.6. The van der Waals surface area contributed by atoms with E-state index in [0.29, 0.717) is 48.7 Å². The first-order valence-electron chi connectivity index (χ1n) is 25.7. The van der Waals surface area contributed by atoms with Gasteiger partial charge >= 0.3 is 23.9 Å². The highest BCUT2D eigenvalue weighted by atomic mass is 16.5. The molecule has 0 N–H and O–H groups in total. The molecule has 364 valence electrons. The van der Waals surface area contributed by atoms with E-state index in [1.54, 1.807) is 48.5 Å². The van der Waals surface area contributed by atoms with Gasteiger partial charge in [0.25, 0.3) is 0 Å². The first kappa shape index (κ1) is 58.3. The van der Waals surface area contributed by atoms with Crippen LogP contribution in [0.1, 0.15) is 251 Å². The molecule has 0 unspecified atom stereocenters. The van der Waals surface area contributed by atoms with Gasteiger partial charge in [-0.1, -0.05) is 208 Å². The summed E-state index contributed by atoms with van der Waals surface area (Å²) in [7, 11) is 0. The molecule has 2 aromatic carbocycles. The van der Waals surface area contributed by atoms with E-state index < -0.39 is 23.9 Å². The quantitative estimate of drug-likeness (QED) is 0.0378. The van der Waals surface area contributed by atoms with E-state index >= 15 is 0 Å². The van der Waals surface area contributed by atoms with Gasteiger partial charge in [0.1, 0.15) is 0 Å². The van der Waals surface area contributed by atoms with Crippen LogP contribution in [-0.2, 0) is 18.9 Å². The van der Waals surface area contributed by atoms with Crippen LogP contribution in [0, 0.1) is 23.7 Å². The van der Waals surface area contributed by atoms with Crippen LogP contribution in [-0.4, -0.2) is 50.3 Å². The molecule has 0 saturated heterocycles. The van der Waals surface area contributed by atoms with E-state index in [2.05, 4.69) is 55.4 Å². The number of esters is 4. The molecule has 0 atom stereocenters. The monoisotopic (exact) mass is 893 g/mol. The van der Waals surface area contributed by atoms with Crippen molar-refractivity contribution >= 4 is 23.9 Å². The summed E-state index contributed by atoms with van der Waals surface area (Å²) >= 11 is 0. The maximum atomic E-state index is 12.5. The van der Waals surface area contributed by atoms with Crippen LogP contribution in [0.15, 0.2) is 48.5 Å². The lowest BCUT2D eigenvalue weighted by atomic mass is 10.0. The summed E-state index contributed by atoms with van der Waals surface area (Å²) in [5.41, 5.74) is 1.18. The Morgan fingerprint density at radius 2 is 0.469 bits per heavy atom. The van der Waals surface area contributed by atoms with Crippen molar-refractivity contribution < 1.29 is 38.1 Å². The van der Waals surface area contributed by atoms with Gasteiger partial charge in [-0.15, -0.1) is 0 Å². The average molecular weight is 893 g/mol. The molecule has 0 aliphatic carbocycles. The molecule has 64 heavy (non-hydrogen) atoms. The van der Waals surface area contributed by atoms with Crippen molar-refractivity contribution in [2.45, 2.75) is 209 Å². The predicted molar refractivity (Wildman–Crippen MR) is 264 cm³/mol. The van der Waals surface area contributed by atoms with Crippen LogP contribution in [0.3, 0.4) is 0 Å². The topological polar surface area (TPSA) is 105 Å². The number of carbonyl (C=O) groups is 4. The minimum absolute atomic E-state index is 0.295. The molecule has 2 aromatic rings. The lowest BCUT2D eigenvalue weighted by molar-refractivity contribution is 0.0450. The molecule has 0 aromatic heterocycles. The number of ether oxygens (including phenoxy) is 4. The fraction of sp³-hybridized carbons (Fsp3) is 0.714. The van der Waals surface area contributed by atoms with Crippen LogP contribution >= 0.6 is 0 Å². The highest BCUT2D eigenvalue weighted by Crippen LogP contribution is 2.18. The van der Waals surface area contributed by atoms with Crippen molar-refractivity contribution in [3.63, 3.8) is 0 Å². The number of rotatable bonds is 36. The van der Waals surface area contributed by atoms with E-state index in [1.807, 2.05) is 0 Å². The molecule has 0 aliphatic rings. The van der Waals surface area contributed by atoms with Gasteiger partial charge in [0.15, 0.2) is 0 Å². The molecule has 8 nitrogen and oxygen atoms in total. The van der Waals surface area contributed by atoms with Crippen molar-refractivity contribution in [1.29, 1.82) is 0 Å². The van der Waals surface area contributed by atoms with Crippen molar-refractivity contribution in [2.75, 3.05) is 26.4 Å². The Kier molecular flexibility index (Phi) is 35.2. The minimum atomic E-state index is -0.442. The molecular formula is C56H92O8. The smallest absolute Gasteiger partial charge is 0.339 e. The largest absolute Gasteiger partial charge is 0.462 e. The standard InChI is InChI=1S/2C28H46O4/c2*1-23(2)17-11-7-5-9-15-21-31-27(29)25-19-13-14-20-26(25)28(30)32-22-16-10-6-8-12-18-24(3)4/h2*13-14,19-20,23-24H,5-12,15-18,21-22H2,1-4H3. The number of hydrogen-bond donors (Lipinski definition) is 0. The molecule has 0 radical (unpaired) electrons. The Balaban J connectivity index is 0.000000640. The lowest BCUT2D eigenvalue weighted by Crippen LogP contribution is -2.15. The Labute approximate surface area is 391 Å². The van der Waals surface area contributed by atoms with Gasteiger partial charge in [-0.05, 0) is 73.6 Å². The molecular weight excluding hydrogens is 801 g/mol. The summed E-state index contributed by atoms with van der Waals surface area (Å²) in [5, 5.41) is 0. The summed E-state index contributed by atoms with van der Waals surface area (Å²) in [5.74, 6) is 1.30. The number of carbonyl (C=O) groups excluding carboxylic acids is 4. The summed E-state index contributed by atoms with van der Waals surface area (Å²) in [4.78, 5) is 49.9. The van der Waals surface area contributed by atoms with Gasteiger partial charge in [-0.25, -0.2) is 19.2 Å². The first-order valence-corrected chi connectivity index (χ1v) is 25.7. The lowest BCUT2D eigenvalue weighted by Gasteiger charge is -2.10. The Bertz CT molecular complexity index is 1270. The van der Waals surface area contributed by atoms with Crippen LogP contribution in [0.4, 0.5) is 0 Å². The van der Waals surface area contributed by atoms with E-state index in [9.17, 15) is 19.2 Å². The van der Waals surface area contributed by atoms with Gasteiger partial charge in [-0.3, -0.25) is 0 Å². The average Bonchev–Trinajstić information content (AvgIpc) is 3.26. The Hall–Kier alpha value is -3.68. The highest BCUT2D eigenvalue weighted by Gasteiger charge is 2.20. The third kappa shape index (κ3) is 31.2. The zero-order valence-corrected chi connectivity index (χ0v) is 42.0. The number of benzene rings is 2. The zero-order chi connectivity index (χ0) is 47.2. The summed E-state index contributed by atoms with van der Waals surface area (Å²) in [6.45, 7) is 19.6. The molecule has 0 bridgehead atoms. The highest BCUT2D eigenvalue weighted by molar-refractivity contribution is 6.03. The van der Waals surface area contributed by atoms with Gasteiger partial charge < -0.3 is 18.9 Å². The predicted octanol–water partition coefficient (Wildman–Crippen LogP) is 16.0. The van der Waals surface area contributed by atoms with Gasteiger partial charge in [0.2, 0.25) is 0 Å². The molecule has 0 fully saturated rings. The van der Waals surface area contributed by atoms with Crippen LogP contribution < -0.4 is 0 Å². The summed E-state index contributed by atoms with van der Waals surface area (Å²) in [6, 6.07) is 13.6. The first-order chi connectivity index (χ1) is 30.8. The molecule has 0 amide bonds. The third-order valence-electron chi connectivity index (χ3n) is 11.4. The molecule has 0 spiro atoms. The minimum Gasteiger partial charge on any atom is -0.462 e. The van der Waals surface area contributed by atoms with Crippen molar-refractivity contribution in [2.24, 2.45) is 23.7 Å². The fourth-order valence-electron chi connectivity index (χ4n) is 7.39. The van der Waals surface area contributed by atoms with E-state index in [1.165, 1.54) is 103 Å². The molecule has 0 heterocycles. The molecule has 8 heteroatoms. The van der Waals surface area contributed by atoms with Gasteiger partial charge in [0.05, 0.1) is 48.7 Å². The summed E-state index contributed by atoms with van der Waals surface area (Å²) < 4.78 is 21.7. The second-order valence-electron chi connectivity index (χ2n) is 19.4. The van der Waals surface area contributed by atoms with E-state index in [-0.39, 0.29) is 0 Å². The van der Waals surface area contributed by atoms with Crippen LogP contribution in [0.2, 0.25) is 0 Å². The fourth-order valence-corrected chi connectivity index (χ4v) is 7.39. The van der Waals surface area contributed by atoms with Crippen LogP contribution in [0.25, 0.3) is 0 Å². The SMILES string of the molecule is CC(C)CCCCCCCOC(=O)c1ccccc1C(=O)OCCCCCCCC(C)C.CC(C)CCCCCCCOC(=O)c1ccccc1C(=O)OCCCCCCCC(C)C. The maximum Gasteiger partial charge on any atom is 0.339 e. The molecule has 0 aliphatic heterocycles. The van der Waals surface area contributed by atoms with E-state index in [4.69, 9.17) is 18.9 Å². The Morgan fingerprint density at radius 3 is 0.656 bits per heavy atom. The van der Waals surface area contributed by atoms with Crippen molar-refractivity contribution in [3.8, 4) is 0 Å². The third-order valence-corrected chi connectivity index (χ3v) is 11.4. The van der Waals surface area contributed by atoms with Gasteiger partial charge in [-0.2, -0.15) is 0 Å². The second-order valence-corrected chi connectivity index (χ2v) is 19.4. The van der Waals surface area contributed by atoms with Crippen molar-refractivity contribution in [1.82, 2.24) is 0 Å².